The van der Waals surface area contributed by atoms with E-state index in [1.165, 1.54) is 16.9 Å². The smallest absolute Gasteiger partial charge is 0.271 e. The average molecular weight is 398 g/mol. The van der Waals surface area contributed by atoms with Gasteiger partial charge in [0.1, 0.15) is 10.7 Å². The Labute approximate surface area is 167 Å². The second-order valence-corrected chi connectivity index (χ2v) is 8.02. The maximum Gasteiger partial charge on any atom is 0.271 e. The number of hydrogen-bond acceptors (Lipinski definition) is 4. The highest BCUT2D eigenvalue weighted by molar-refractivity contribution is 7.13. The quantitative estimate of drug-likeness (QED) is 0.691. The molecular weight excluding hydrogens is 378 g/mol. The number of carbonyl (C=O) groups excluding carboxylic acids is 1. The number of carbonyl (C=O) groups is 1. The first-order valence-electron chi connectivity index (χ1n) is 8.96. The summed E-state index contributed by atoms with van der Waals surface area (Å²) in [4.78, 5) is 19.4. The summed E-state index contributed by atoms with van der Waals surface area (Å²) in [6.45, 7) is 2.78. The zero-order valence-corrected chi connectivity index (χ0v) is 16.3. The molecule has 0 spiro atoms. The van der Waals surface area contributed by atoms with E-state index in [2.05, 4.69) is 39.5 Å². The normalized spacial score (nSPS) is 17.1. The van der Waals surface area contributed by atoms with Crippen LogP contribution in [0, 0.1) is 0 Å². The molecule has 6 heteroatoms. The Morgan fingerprint density at radius 2 is 1.96 bits per heavy atom. The van der Waals surface area contributed by atoms with Gasteiger partial charge >= 0.3 is 0 Å². The Kier molecular flexibility index (Phi) is 5.53. The number of amides is 1. The molecule has 4 nitrogen and oxygen atoms in total. The van der Waals surface area contributed by atoms with Gasteiger partial charge in [-0.15, -0.1) is 11.3 Å². The summed E-state index contributed by atoms with van der Waals surface area (Å²) < 4.78 is 0. The fourth-order valence-electron chi connectivity index (χ4n) is 3.30. The summed E-state index contributed by atoms with van der Waals surface area (Å²) in [5.41, 5.74) is 2.75. The zero-order valence-electron chi connectivity index (χ0n) is 14.8. The van der Waals surface area contributed by atoms with Crippen molar-refractivity contribution in [3.05, 3.63) is 76.3 Å². The van der Waals surface area contributed by atoms with E-state index in [4.69, 9.17) is 11.6 Å². The number of likely N-dealkylation sites (tertiary alicyclic amines) is 1. The van der Waals surface area contributed by atoms with E-state index in [9.17, 15) is 4.79 Å². The van der Waals surface area contributed by atoms with Gasteiger partial charge in [0.15, 0.2) is 0 Å². The van der Waals surface area contributed by atoms with Gasteiger partial charge in [-0.25, -0.2) is 4.98 Å². The molecule has 27 heavy (non-hydrogen) atoms. The number of nitrogens with zero attached hydrogens (tertiary/aromatic N) is 2. The van der Waals surface area contributed by atoms with Crippen molar-refractivity contribution in [2.45, 2.75) is 19.0 Å². The monoisotopic (exact) mass is 397 g/mol. The Balaban J connectivity index is 1.34. The van der Waals surface area contributed by atoms with Crippen LogP contribution in [-0.4, -0.2) is 34.9 Å². The minimum absolute atomic E-state index is 0.0991. The summed E-state index contributed by atoms with van der Waals surface area (Å²) in [5.74, 6) is -0.0991. The maximum absolute atomic E-state index is 12.6. The summed E-state index contributed by atoms with van der Waals surface area (Å²) in [5, 5.41) is 6.46. The maximum atomic E-state index is 12.6. The van der Waals surface area contributed by atoms with Gasteiger partial charge in [0.2, 0.25) is 0 Å². The van der Waals surface area contributed by atoms with Crippen molar-refractivity contribution in [1.82, 2.24) is 15.2 Å². The summed E-state index contributed by atoms with van der Waals surface area (Å²) in [6, 6.07) is 18.1. The molecule has 2 heterocycles. The molecule has 1 saturated heterocycles. The van der Waals surface area contributed by atoms with Crippen LogP contribution >= 0.6 is 22.9 Å². The first kappa shape index (κ1) is 18.2. The van der Waals surface area contributed by atoms with E-state index in [0.717, 1.165) is 36.6 Å². The third-order valence-corrected chi connectivity index (χ3v) is 5.83. The second-order valence-electron chi connectivity index (χ2n) is 6.72. The van der Waals surface area contributed by atoms with Gasteiger partial charge in [0, 0.05) is 41.6 Å². The van der Waals surface area contributed by atoms with Crippen LogP contribution in [0.3, 0.4) is 0 Å². The van der Waals surface area contributed by atoms with Crippen molar-refractivity contribution < 1.29 is 4.79 Å². The molecule has 1 aromatic heterocycles. The minimum atomic E-state index is -0.0991. The SMILES string of the molecule is O=C(NC1CCN(Cc2ccccc2)C1)c1csc(-c2ccc(Cl)cc2)n1. The minimum Gasteiger partial charge on any atom is -0.347 e. The predicted octanol–water partition coefficient (Wildman–Crippen LogP) is 4.47. The van der Waals surface area contributed by atoms with Gasteiger partial charge in [-0.3, -0.25) is 9.69 Å². The zero-order chi connectivity index (χ0) is 18.6. The number of halogens is 1. The predicted molar refractivity (Wildman–Crippen MR) is 110 cm³/mol. The third-order valence-electron chi connectivity index (χ3n) is 4.68. The van der Waals surface area contributed by atoms with Gasteiger partial charge in [0.05, 0.1) is 0 Å². The van der Waals surface area contributed by atoms with Crippen molar-refractivity contribution in [2.75, 3.05) is 13.1 Å². The van der Waals surface area contributed by atoms with Crippen LogP contribution in [0.1, 0.15) is 22.5 Å². The highest BCUT2D eigenvalue weighted by atomic mass is 35.5. The number of rotatable bonds is 5. The van der Waals surface area contributed by atoms with E-state index < -0.39 is 0 Å². The van der Waals surface area contributed by atoms with Gasteiger partial charge in [0.25, 0.3) is 5.91 Å². The van der Waals surface area contributed by atoms with E-state index >= 15 is 0 Å². The Morgan fingerprint density at radius 3 is 2.74 bits per heavy atom. The largest absolute Gasteiger partial charge is 0.347 e. The van der Waals surface area contributed by atoms with Gasteiger partial charge in [-0.1, -0.05) is 54.1 Å². The molecule has 0 saturated carbocycles. The number of benzene rings is 2. The molecule has 1 atom stereocenters. The van der Waals surface area contributed by atoms with Crippen LogP contribution in [0.4, 0.5) is 0 Å². The van der Waals surface area contributed by atoms with E-state index in [-0.39, 0.29) is 11.9 Å². The molecule has 1 amide bonds. The third kappa shape index (κ3) is 4.56. The molecule has 0 bridgehead atoms. The van der Waals surface area contributed by atoms with Crippen LogP contribution in [0.15, 0.2) is 60.0 Å². The lowest BCUT2D eigenvalue weighted by atomic mass is 10.2. The van der Waals surface area contributed by atoms with Gasteiger partial charge in [-0.05, 0) is 24.1 Å². The molecule has 4 rings (SSSR count). The topological polar surface area (TPSA) is 45.2 Å². The lowest BCUT2D eigenvalue weighted by molar-refractivity contribution is 0.0933. The second kappa shape index (κ2) is 8.21. The standard InChI is InChI=1S/C21H20ClN3OS/c22-17-8-6-16(7-9-17)21-24-19(14-27-21)20(26)23-18-10-11-25(13-18)12-15-4-2-1-3-5-15/h1-9,14,18H,10-13H2,(H,23,26). The lowest BCUT2D eigenvalue weighted by Crippen LogP contribution is -2.37. The first-order valence-corrected chi connectivity index (χ1v) is 10.2. The molecule has 0 radical (unpaired) electrons. The Bertz CT molecular complexity index is 911. The molecule has 3 aromatic rings. The van der Waals surface area contributed by atoms with Crippen molar-refractivity contribution in [3.8, 4) is 10.6 Å². The van der Waals surface area contributed by atoms with Crippen molar-refractivity contribution in [3.63, 3.8) is 0 Å². The highest BCUT2D eigenvalue weighted by Gasteiger charge is 2.25. The molecule has 1 N–H and O–H groups in total. The van der Waals surface area contributed by atoms with Crippen molar-refractivity contribution in [1.29, 1.82) is 0 Å². The fraction of sp³-hybridized carbons (Fsp3) is 0.238. The van der Waals surface area contributed by atoms with Crippen LogP contribution in [-0.2, 0) is 6.54 Å². The van der Waals surface area contributed by atoms with E-state index in [1.807, 2.05) is 35.7 Å². The average Bonchev–Trinajstić information content (AvgIpc) is 3.33. The van der Waals surface area contributed by atoms with Crippen LogP contribution in [0.25, 0.3) is 10.6 Å². The molecule has 0 aliphatic carbocycles. The van der Waals surface area contributed by atoms with Crippen molar-refractivity contribution in [2.24, 2.45) is 0 Å². The Morgan fingerprint density at radius 1 is 1.19 bits per heavy atom. The van der Waals surface area contributed by atoms with Gasteiger partial charge in [-0.2, -0.15) is 0 Å². The summed E-state index contributed by atoms with van der Waals surface area (Å²) >= 11 is 7.40. The molecule has 138 valence electrons. The highest BCUT2D eigenvalue weighted by Crippen LogP contribution is 2.25. The molecule has 1 fully saturated rings. The number of nitrogens with one attached hydrogen (secondary N) is 1. The summed E-state index contributed by atoms with van der Waals surface area (Å²) in [7, 11) is 0. The molecule has 2 aromatic carbocycles. The number of thiazole rings is 1. The first-order chi connectivity index (χ1) is 13.2. The number of hydrogen-bond donors (Lipinski definition) is 1. The van der Waals surface area contributed by atoms with E-state index in [0.29, 0.717) is 10.7 Å². The fourth-order valence-corrected chi connectivity index (χ4v) is 4.23. The van der Waals surface area contributed by atoms with E-state index in [1.54, 1.807) is 0 Å². The molecule has 1 aliphatic rings. The molecule has 1 unspecified atom stereocenters. The molecule has 1 aliphatic heterocycles. The van der Waals surface area contributed by atoms with Crippen molar-refractivity contribution >= 4 is 28.8 Å². The van der Waals surface area contributed by atoms with Crippen LogP contribution < -0.4 is 5.32 Å². The van der Waals surface area contributed by atoms with Gasteiger partial charge < -0.3 is 5.32 Å². The number of aromatic nitrogens is 1. The summed E-state index contributed by atoms with van der Waals surface area (Å²) in [6.07, 6.45) is 0.965. The Hall–Kier alpha value is -2.21. The van der Waals surface area contributed by atoms with Crippen LogP contribution in [0.2, 0.25) is 5.02 Å². The van der Waals surface area contributed by atoms with Crippen LogP contribution in [0.5, 0.6) is 0 Å². The lowest BCUT2D eigenvalue weighted by Gasteiger charge is -2.16. The molecular formula is C21H20ClN3OS.